The molecule has 0 aliphatic carbocycles. The summed E-state index contributed by atoms with van der Waals surface area (Å²) in [6.45, 7) is 1.18. The van der Waals surface area contributed by atoms with Crippen molar-refractivity contribution in [1.82, 2.24) is 0 Å². The molecule has 9 nitrogen and oxygen atoms in total. The van der Waals surface area contributed by atoms with E-state index >= 15 is 0 Å². The van der Waals surface area contributed by atoms with Crippen LogP contribution in [0.2, 0.25) is 10.0 Å². The second kappa shape index (κ2) is 11.9. The quantitative estimate of drug-likeness (QED) is 0.0989. The van der Waals surface area contributed by atoms with Crippen LogP contribution in [-0.4, -0.2) is 33.0 Å². The molecule has 0 unspecified atom stereocenters. The van der Waals surface area contributed by atoms with Crippen molar-refractivity contribution >= 4 is 50.5 Å². The average molecular weight is 541 g/mol. The van der Waals surface area contributed by atoms with Crippen LogP contribution in [-0.2, 0) is 16.6 Å². The lowest BCUT2D eigenvalue weighted by Gasteiger charge is -2.09. The third-order valence-corrected chi connectivity index (χ3v) is 6.05. The Kier molecular flexibility index (Phi) is 8.96. The SMILES string of the molecule is O=[N+]([O-])c1cc(Cl)c(N=NCCc2ccc(NCCOc3ccc(S(=O)(=O)F)cc3)cc2)c(Cl)c1. The van der Waals surface area contributed by atoms with Crippen LogP contribution in [0.1, 0.15) is 5.56 Å². The zero-order valence-electron chi connectivity index (χ0n) is 18.0. The minimum absolute atomic E-state index is 0.0528. The Labute approximate surface area is 210 Å². The van der Waals surface area contributed by atoms with E-state index in [0.717, 1.165) is 23.4 Å². The van der Waals surface area contributed by atoms with E-state index in [4.69, 9.17) is 27.9 Å². The summed E-state index contributed by atoms with van der Waals surface area (Å²) in [4.78, 5) is 9.82. The summed E-state index contributed by atoms with van der Waals surface area (Å²) in [5, 5.41) is 22.2. The fraction of sp³-hybridized carbons (Fsp3) is 0.182. The number of nitro benzene ring substituents is 1. The smallest absolute Gasteiger partial charge is 0.332 e. The number of anilines is 1. The molecule has 13 heteroatoms. The van der Waals surface area contributed by atoms with Gasteiger partial charge in [0.1, 0.15) is 18.0 Å². The van der Waals surface area contributed by atoms with Crippen molar-refractivity contribution in [2.45, 2.75) is 11.3 Å². The van der Waals surface area contributed by atoms with Gasteiger partial charge in [-0.05, 0) is 48.4 Å². The van der Waals surface area contributed by atoms with E-state index in [1.54, 1.807) is 0 Å². The van der Waals surface area contributed by atoms with Crippen LogP contribution < -0.4 is 10.1 Å². The third kappa shape index (κ3) is 7.88. The van der Waals surface area contributed by atoms with Crippen molar-refractivity contribution in [3.05, 3.63) is 86.4 Å². The van der Waals surface area contributed by atoms with Crippen LogP contribution in [0.25, 0.3) is 0 Å². The van der Waals surface area contributed by atoms with Gasteiger partial charge in [-0.1, -0.05) is 35.3 Å². The largest absolute Gasteiger partial charge is 0.492 e. The molecule has 1 N–H and O–H groups in total. The van der Waals surface area contributed by atoms with Crippen LogP contribution in [0.4, 0.5) is 20.9 Å². The number of hydrogen-bond acceptors (Lipinski definition) is 8. The number of nitrogens with one attached hydrogen (secondary N) is 1. The summed E-state index contributed by atoms with van der Waals surface area (Å²) in [6.07, 6.45) is 0.611. The predicted molar refractivity (Wildman–Crippen MR) is 131 cm³/mol. The summed E-state index contributed by atoms with van der Waals surface area (Å²) in [6, 6.07) is 15.1. The summed E-state index contributed by atoms with van der Waals surface area (Å²) < 4.78 is 40.0. The van der Waals surface area contributed by atoms with E-state index in [1.807, 2.05) is 24.3 Å². The molecule has 0 saturated heterocycles. The van der Waals surface area contributed by atoms with Crippen molar-refractivity contribution in [2.24, 2.45) is 10.2 Å². The predicted octanol–water partition coefficient (Wildman–Crippen LogP) is 6.38. The van der Waals surface area contributed by atoms with Gasteiger partial charge in [0.25, 0.3) is 5.69 Å². The number of rotatable bonds is 11. The molecule has 0 radical (unpaired) electrons. The van der Waals surface area contributed by atoms with E-state index in [1.165, 1.54) is 24.3 Å². The monoisotopic (exact) mass is 540 g/mol. The molecule has 35 heavy (non-hydrogen) atoms. The van der Waals surface area contributed by atoms with Crippen LogP contribution in [0.15, 0.2) is 75.8 Å². The fourth-order valence-corrected chi connectivity index (χ4v) is 3.92. The van der Waals surface area contributed by atoms with Gasteiger partial charge in [0.05, 0.1) is 26.4 Å². The molecule has 0 fully saturated rings. The molecule has 0 spiro atoms. The first-order valence-corrected chi connectivity index (χ1v) is 12.3. The number of halogens is 3. The lowest BCUT2D eigenvalue weighted by molar-refractivity contribution is -0.384. The molecule has 3 aromatic carbocycles. The van der Waals surface area contributed by atoms with Crippen molar-refractivity contribution in [3.63, 3.8) is 0 Å². The highest BCUT2D eigenvalue weighted by Gasteiger charge is 2.14. The first kappa shape index (κ1) is 26.3. The second-order valence-corrected chi connectivity index (χ2v) is 9.27. The molecule has 3 aromatic rings. The molecule has 0 atom stereocenters. The topological polar surface area (TPSA) is 123 Å². The van der Waals surface area contributed by atoms with Gasteiger partial charge in [0, 0.05) is 24.4 Å². The average Bonchev–Trinajstić information content (AvgIpc) is 2.81. The molecule has 0 amide bonds. The van der Waals surface area contributed by atoms with Gasteiger partial charge in [-0.3, -0.25) is 10.1 Å². The first-order chi connectivity index (χ1) is 16.6. The minimum Gasteiger partial charge on any atom is -0.492 e. The molecular formula is C22H19Cl2FN4O5S. The third-order valence-electron chi connectivity index (χ3n) is 4.64. The van der Waals surface area contributed by atoms with E-state index in [2.05, 4.69) is 15.5 Å². The Hall–Kier alpha value is -3.28. The molecule has 0 aromatic heterocycles. The lowest BCUT2D eigenvalue weighted by atomic mass is 10.1. The molecular weight excluding hydrogens is 522 g/mol. The van der Waals surface area contributed by atoms with E-state index in [0.29, 0.717) is 31.9 Å². The van der Waals surface area contributed by atoms with Gasteiger partial charge in [0.15, 0.2) is 0 Å². The second-order valence-electron chi connectivity index (χ2n) is 7.11. The standard InChI is InChI=1S/C22H19Cl2FN4O5S/c23-20-13-17(29(30)31)14-21(24)22(20)28-27-10-9-15-1-3-16(4-2-15)26-11-12-34-18-5-7-19(8-6-18)35(25,32)33/h1-8,13-14,26H,9-12H2. The van der Waals surface area contributed by atoms with Crippen LogP contribution in [0, 0.1) is 10.1 Å². The highest BCUT2D eigenvalue weighted by Crippen LogP contribution is 2.37. The lowest BCUT2D eigenvalue weighted by Crippen LogP contribution is -2.11. The maximum Gasteiger partial charge on any atom is 0.332 e. The molecule has 0 aliphatic rings. The number of benzene rings is 3. The van der Waals surface area contributed by atoms with E-state index < -0.39 is 20.0 Å². The van der Waals surface area contributed by atoms with Crippen molar-refractivity contribution in [2.75, 3.05) is 25.0 Å². The Balaban J connectivity index is 1.42. The van der Waals surface area contributed by atoms with Gasteiger partial charge in [-0.2, -0.15) is 18.6 Å². The molecule has 0 saturated carbocycles. The number of ether oxygens (including phenoxy) is 1. The molecule has 0 aliphatic heterocycles. The summed E-state index contributed by atoms with van der Waals surface area (Å²) in [7, 11) is -4.72. The Morgan fingerprint density at radius 1 is 1.03 bits per heavy atom. The van der Waals surface area contributed by atoms with Crippen LogP contribution in [0.3, 0.4) is 0 Å². The molecule has 3 rings (SSSR count). The van der Waals surface area contributed by atoms with Gasteiger partial charge in [0.2, 0.25) is 0 Å². The summed E-state index contributed by atoms with van der Waals surface area (Å²) in [5.41, 5.74) is 1.87. The number of non-ortho nitro benzene ring substituents is 1. The van der Waals surface area contributed by atoms with Crippen molar-refractivity contribution in [3.8, 4) is 5.75 Å². The van der Waals surface area contributed by atoms with E-state index in [-0.39, 0.29) is 21.4 Å². The zero-order chi connectivity index (χ0) is 25.4. The van der Waals surface area contributed by atoms with Crippen molar-refractivity contribution < 1.29 is 22.0 Å². The highest BCUT2D eigenvalue weighted by molar-refractivity contribution is 7.86. The summed E-state index contributed by atoms with van der Waals surface area (Å²) in [5.74, 6) is 0.431. The number of nitrogens with zero attached hydrogens (tertiary/aromatic N) is 3. The maximum absolute atomic E-state index is 12.9. The summed E-state index contributed by atoms with van der Waals surface area (Å²) >= 11 is 12.0. The first-order valence-electron chi connectivity index (χ1n) is 10.1. The van der Waals surface area contributed by atoms with Crippen LogP contribution >= 0.6 is 23.2 Å². The normalized spacial score (nSPS) is 11.5. The van der Waals surface area contributed by atoms with Crippen molar-refractivity contribution in [1.29, 1.82) is 0 Å². The fourth-order valence-electron chi connectivity index (χ4n) is 2.90. The van der Waals surface area contributed by atoms with Gasteiger partial charge in [-0.15, -0.1) is 3.89 Å². The molecule has 184 valence electrons. The Morgan fingerprint density at radius 3 is 2.23 bits per heavy atom. The molecule has 0 heterocycles. The number of azo groups is 1. The Morgan fingerprint density at radius 2 is 1.66 bits per heavy atom. The van der Waals surface area contributed by atoms with E-state index in [9.17, 15) is 22.4 Å². The number of nitro groups is 1. The Bertz CT molecular complexity index is 1300. The van der Waals surface area contributed by atoms with Gasteiger partial charge >= 0.3 is 10.2 Å². The molecule has 0 bridgehead atoms. The van der Waals surface area contributed by atoms with Crippen LogP contribution in [0.5, 0.6) is 5.75 Å². The minimum atomic E-state index is -4.72. The van der Waals surface area contributed by atoms with Gasteiger partial charge in [-0.25, -0.2) is 0 Å². The van der Waals surface area contributed by atoms with Gasteiger partial charge < -0.3 is 10.1 Å². The highest BCUT2D eigenvalue weighted by atomic mass is 35.5. The maximum atomic E-state index is 12.9. The number of hydrogen-bond donors (Lipinski definition) is 1. The zero-order valence-corrected chi connectivity index (χ0v) is 20.4.